The minimum atomic E-state index is 0.0201. The summed E-state index contributed by atoms with van der Waals surface area (Å²) in [5, 5.41) is 8.00. The number of ether oxygens (including phenoxy) is 1. The van der Waals surface area contributed by atoms with Gasteiger partial charge in [0.05, 0.1) is 18.4 Å². The molecule has 1 atom stereocenters. The lowest BCUT2D eigenvalue weighted by Gasteiger charge is -2.17. The molecule has 1 saturated heterocycles. The van der Waals surface area contributed by atoms with Gasteiger partial charge in [0.2, 0.25) is 0 Å². The number of benzene rings is 2. The molecule has 1 unspecified atom stereocenters. The average Bonchev–Trinajstić information content (AvgIpc) is 3.42. The Morgan fingerprint density at radius 1 is 1.17 bits per heavy atom. The quantitative estimate of drug-likeness (QED) is 0.702. The van der Waals surface area contributed by atoms with Crippen molar-refractivity contribution in [2.45, 2.75) is 6.42 Å². The minimum Gasteiger partial charge on any atom is -0.496 e. The van der Waals surface area contributed by atoms with Gasteiger partial charge in [0.25, 0.3) is 5.91 Å². The van der Waals surface area contributed by atoms with Crippen molar-refractivity contribution >= 4 is 5.91 Å². The van der Waals surface area contributed by atoms with E-state index in [1.807, 2.05) is 72.7 Å². The summed E-state index contributed by atoms with van der Waals surface area (Å²) in [4.78, 5) is 15.4. The number of para-hydroxylation sites is 2. The summed E-state index contributed by atoms with van der Waals surface area (Å²) in [6.45, 7) is 2.46. The third-order valence-corrected chi connectivity index (χ3v) is 5.39. The Morgan fingerprint density at radius 3 is 2.69 bits per heavy atom. The number of hydrogen-bond acceptors (Lipinski definition) is 4. The van der Waals surface area contributed by atoms with Crippen molar-refractivity contribution in [2.24, 2.45) is 5.92 Å². The molecule has 6 nitrogen and oxygen atoms in total. The Morgan fingerprint density at radius 2 is 1.93 bits per heavy atom. The van der Waals surface area contributed by atoms with Gasteiger partial charge in [-0.05, 0) is 50.2 Å². The maximum absolute atomic E-state index is 13.4. The second-order valence-corrected chi connectivity index (χ2v) is 7.34. The van der Waals surface area contributed by atoms with Gasteiger partial charge in [0.1, 0.15) is 11.4 Å². The highest BCUT2D eigenvalue weighted by Crippen LogP contribution is 2.33. The van der Waals surface area contributed by atoms with E-state index in [9.17, 15) is 4.79 Å². The summed E-state index contributed by atoms with van der Waals surface area (Å²) in [6.07, 6.45) is 2.86. The Kier molecular flexibility index (Phi) is 5.62. The molecule has 1 aliphatic heterocycles. The van der Waals surface area contributed by atoms with Gasteiger partial charge in [-0.3, -0.25) is 4.79 Å². The van der Waals surface area contributed by atoms with E-state index in [4.69, 9.17) is 9.84 Å². The summed E-state index contributed by atoms with van der Waals surface area (Å²) >= 11 is 0. The number of nitrogens with one attached hydrogen (secondary N) is 1. The van der Waals surface area contributed by atoms with Crippen LogP contribution in [0.4, 0.5) is 0 Å². The van der Waals surface area contributed by atoms with Gasteiger partial charge in [0.15, 0.2) is 0 Å². The molecule has 1 amide bonds. The van der Waals surface area contributed by atoms with Crippen molar-refractivity contribution in [1.82, 2.24) is 20.0 Å². The van der Waals surface area contributed by atoms with E-state index in [2.05, 4.69) is 5.32 Å². The largest absolute Gasteiger partial charge is 0.496 e. The molecular weight excluding hydrogens is 364 g/mol. The molecule has 1 N–H and O–H groups in total. The molecule has 4 rings (SSSR count). The SMILES string of the molecule is CNCC1CCN(C(=O)c2cn(-c3ccccc3)nc2-c2ccccc2OC)C1. The van der Waals surface area contributed by atoms with Crippen LogP contribution in [0, 0.1) is 5.92 Å². The highest BCUT2D eigenvalue weighted by Gasteiger charge is 2.30. The fourth-order valence-electron chi connectivity index (χ4n) is 3.93. The van der Waals surface area contributed by atoms with Crippen LogP contribution in [-0.4, -0.2) is 54.4 Å². The smallest absolute Gasteiger partial charge is 0.257 e. The molecule has 150 valence electrons. The zero-order chi connectivity index (χ0) is 20.2. The standard InChI is InChI=1S/C23H26N4O2/c1-24-14-17-12-13-26(15-17)23(28)20-16-27(18-8-4-3-5-9-18)25-22(20)19-10-6-7-11-21(19)29-2/h3-11,16-17,24H,12-15H2,1-2H3. The van der Waals surface area contributed by atoms with Crippen molar-refractivity contribution in [2.75, 3.05) is 33.8 Å². The lowest BCUT2D eigenvalue weighted by atomic mass is 10.1. The maximum Gasteiger partial charge on any atom is 0.257 e. The first kappa shape index (κ1) is 19.2. The van der Waals surface area contributed by atoms with E-state index in [-0.39, 0.29) is 5.91 Å². The monoisotopic (exact) mass is 390 g/mol. The van der Waals surface area contributed by atoms with E-state index in [0.29, 0.717) is 22.9 Å². The number of amides is 1. The minimum absolute atomic E-state index is 0.0201. The van der Waals surface area contributed by atoms with E-state index in [0.717, 1.165) is 37.3 Å². The predicted octanol–water partition coefficient (Wildman–Crippen LogP) is 3.23. The zero-order valence-electron chi connectivity index (χ0n) is 16.8. The average molecular weight is 390 g/mol. The molecule has 1 aromatic heterocycles. The Labute approximate surface area is 171 Å². The lowest BCUT2D eigenvalue weighted by molar-refractivity contribution is 0.0788. The molecule has 1 fully saturated rings. The lowest BCUT2D eigenvalue weighted by Crippen LogP contribution is -2.30. The molecule has 2 heterocycles. The number of carbonyl (C=O) groups excluding carboxylic acids is 1. The first-order valence-corrected chi connectivity index (χ1v) is 9.93. The first-order chi connectivity index (χ1) is 14.2. The summed E-state index contributed by atoms with van der Waals surface area (Å²) in [5.41, 5.74) is 2.98. The summed E-state index contributed by atoms with van der Waals surface area (Å²) in [7, 11) is 3.59. The van der Waals surface area contributed by atoms with Crippen LogP contribution in [0.5, 0.6) is 5.75 Å². The molecule has 3 aromatic rings. The molecule has 29 heavy (non-hydrogen) atoms. The maximum atomic E-state index is 13.4. The van der Waals surface area contributed by atoms with Crippen LogP contribution in [0.25, 0.3) is 16.9 Å². The summed E-state index contributed by atoms with van der Waals surface area (Å²) < 4.78 is 7.32. The number of methoxy groups -OCH3 is 1. The van der Waals surface area contributed by atoms with E-state index in [1.54, 1.807) is 11.8 Å². The molecule has 0 radical (unpaired) electrons. The molecule has 6 heteroatoms. The number of aromatic nitrogens is 2. The Balaban J connectivity index is 1.75. The van der Waals surface area contributed by atoms with Crippen LogP contribution in [0.2, 0.25) is 0 Å². The van der Waals surface area contributed by atoms with E-state index < -0.39 is 0 Å². The van der Waals surface area contributed by atoms with Crippen molar-refractivity contribution in [3.05, 3.63) is 66.4 Å². The molecule has 0 bridgehead atoms. The first-order valence-electron chi connectivity index (χ1n) is 9.93. The Bertz CT molecular complexity index is 984. The van der Waals surface area contributed by atoms with Crippen LogP contribution >= 0.6 is 0 Å². The zero-order valence-corrected chi connectivity index (χ0v) is 16.8. The van der Waals surface area contributed by atoms with Crippen LogP contribution in [0.3, 0.4) is 0 Å². The highest BCUT2D eigenvalue weighted by atomic mass is 16.5. The number of nitrogens with zero attached hydrogens (tertiary/aromatic N) is 3. The van der Waals surface area contributed by atoms with Gasteiger partial charge >= 0.3 is 0 Å². The third-order valence-electron chi connectivity index (χ3n) is 5.39. The van der Waals surface area contributed by atoms with Gasteiger partial charge in [-0.1, -0.05) is 30.3 Å². The summed E-state index contributed by atoms with van der Waals surface area (Å²) in [5.74, 6) is 1.21. The predicted molar refractivity (Wildman–Crippen MR) is 113 cm³/mol. The van der Waals surface area contributed by atoms with Crippen molar-refractivity contribution in [3.8, 4) is 22.7 Å². The molecule has 0 saturated carbocycles. The highest BCUT2D eigenvalue weighted by molar-refractivity contribution is 6.00. The molecule has 1 aliphatic rings. The van der Waals surface area contributed by atoms with Gasteiger partial charge < -0.3 is 15.0 Å². The molecule has 2 aromatic carbocycles. The van der Waals surface area contributed by atoms with Gasteiger partial charge in [0, 0.05) is 24.8 Å². The summed E-state index contributed by atoms with van der Waals surface area (Å²) in [6, 6.07) is 17.5. The topological polar surface area (TPSA) is 59.4 Å². The van der Waals surface area contributed by atoms with Gasteiger partial charge in [-0.15, -0.1) is 0 Å². The molecular formula is C23H26N4O2. The molecule has 0 aliphatic carbocycles. The van der Waals surface area contributed by atoms with Crippen molar-refractivity contribution in [3.63, 3.8) is 0 Å². The van der Waals surface area contributed by atoms with Crippen LogP contribution < -0.4 is 10.1 Å². The fourth-order valence-corrected chi connectivity index (χ4v) is 3.93. The third kappa shape index (κ3) is 3.89. The normalized spacial score (nSPS) is 16.2. The van der Waals surface area contributed by atoms with E-state index >= 15 is 0 Å². The van der Waals surface area contributed by atoms with Crippen LogP contribution in [-0.2, 0) is 0 Å². The number of hydrogen-bond donors (Lipinski definition) is 1. The van der Waals surface area contributed by atoms with Crippen molar-refractivity contribution < 1.29 is 9.53 Å². The second-order valence-electron chi connectivity index (χ2n) is 7.34. The van der Waals surface area contributed by atoms with Gasteiger partial charge in [-0.2, -0.15) is 5.10 Å². The second kappa shape index (κ2) is 8.49. The van der Waals surface area contributed by atoms with Crippen molar-refractivity contribution in [1.29, 1.82) is 0 Å². The van der Waals surface area contributed by atoms with Crippen LogP contribution in [0.1, 0.15) is 16.8 Å². The van der Waals surface area contributed by atoms with Crippen LogP contribution in [0.15, 0.2) is 60.8 Å². The van der Waals surface area contributed by atoms with E-state index in [1.165, 1.54) is 0 Å². The number of rotatable bonds is 6. The fraction of sp³-hybridized carbons (Fsp3) is 0.304. The number of carbonyl (C=O) groups is 1. The number of likely N-dealkylation sites (tertiary alicyclic amines) is 1. The Hall–Kier alpha value is -3.12. The molecule has 0 spiro atoms. The van der Waals surface area contributed by atoms with Gasteiger partial charge in [-0.25, -0.2) is 4.68 Å².